The lowest BCUT2D eigenvalue weighted by Gasteiger charge is -2.37. The Balaban J connectivity index is 1.60. The smallest absolute Gasteiger partial charge is 0.331 e. The van der Waals surface area contributed by atoms with E-state index in [1.54, 1.807) is 21.3 Å². The molecule has 0 atom stereocenters. The van der Waals surface area contributed by atoms with Gasteiger partial charge in [-0.1, -0.05) is 78.9 Å². The largest absolute Gasteiger partial charge is 0.455 e. The highest BCUT2D eigenvalue weighted by molar-refractivity contribution is 6.53. The average Bonchev–Trinajstić information content (AvgIpc) is 3.22. The Bertz CT molecular complexity index is 1460. The zero-order valence-electron chi connectivity index (χ0n) is 20.0. The second-order valence-corrected chi connectivity index (χ2v) is 9.76. The Morgan fingerprint density at radius 3 is 2.18 bits per heavy atom. The van der Waals surface area contributed by atoms with Crippen molar-refractivity contribution in [1.82, 2.24) is 0 Å². The normalized spacial score (nSPS) is 12.4. The van der Waals surface area contributed by atoms with Crippen molar-refractivity contribution in [2.75, 3.05) is 0 Å². The van der Waals surface area contributed by atoms with E-state index in [1.165, 1.54) is 11.1 Å². The molecule has 0 saturated carbocycles. The first-order chi connectivity index (χ1) is 16.2. The van der Waals surface area contributed by atoms with Crippen LogP contribution in [0, 0.1) is 0 Å². The van der Waals surface area contributed by atoms with E-state index in [4.69, 9.17) is 9.07 Å². The molecular formula is C30H28BO3. The van der Waals surface area contributed by atoms with Crippen LogP contribution in [0.1, 0.15) is 27.7 Å². The maximum Gasteiger partial charge on any atom is 0.331 e. The van der Waals surface area contributed by atoms with Crippen LogP contribution < -0.4 is 5.46 Å². The van der Waals surface area contributed by atoms with Gasteiger partial charge in [0, 0.05) is 16.3 Å². The fourth-order valence-electron chi connectivity index (χ4n) is 4.05. The van der Waals surface area contributed by atoms with Crippen LogP contribution in [0.2, 0.25) is 0 Å². The molecule has 0 fully saturated rings. The molecule has 0 amide bonds. The molecule has 0 aliphatic rings. The molecule has 4 aromatic carbocycles. The van der Waals surface area contributed by atoms with Gasteiger partial charge in [-0.25, -0.2) is 0 Å². The monoisotopic (exact) mass is 447 g/mol. The van der Waals surface area contributed by atoms with Gasteiger partial charge < -0.3 is 14.2 Å². The maximum absolute atomic E-state index is 10.5. The van der Waals surface area contributed by atoms with Crippen LogP contribution in [0.3, 0.4) is 0 Å². The second kappa shape index (κ2) is 8.46. The molecule has 0 aliphatic heterocycles. The van der Waals surface area contributed by atoms with Crippen molar-refractivity contribution in [3.8, 4) is 22.3 Å². The van der Waals surface area contributed by atoms with Crippen molar-refractivity contribution < 1.29 is 14.2 Å². The molecule has 1 heterocycles. The van der Waals surface area contributed by atoms with E-state index in [1.807, 2.05) is 38.1 Å². The molecule has 1 N–H and O–H groups in total. The van der Waals surface area contributed by atoms with E-state index in [0.29, 0.717) is 0 Å². The Kier molecular flexibility index (Phi) is 5.59. The third kappa shape index (κ3) is 4.04. The number of fused-ring (bicyclic) bond motifs is 3. The Hall–Kier alpha value is -3.34. The summed E-state index contributed by atoms with van der Waals surface area (Å²) in [6.07, 6.45) is 0. The van der Waals surface area contributed by atoms with Gasteiger partial charge in [-0.2, -0.15) is 0 Å². The van der Waals surface area contributed by atoms with Crippen molar-refractivity contribution in [2.45, 2.75) is 38.9 Å². The van der Waals surface area contributed by atoms with Crippen molar-refractivity contribution in [1.29, 1.82) is 0 Å². The SMILES string of the molecule is CC(C)(O)C(C)(C)O[B]c1cccc2oc3c(-c4cccc(-c5ccccc5)c4)cccc3c12. The fraction of sp³-hybridized carbons (Fsp3) is 0.200. The lowest BCUT2D eigenvalue weighted by atomic mass is 9.80. The highest BCUT2D eigenvalue weighted by atomic mass is 16.5. The molecule has 1 radical (unpaired) electrons. The summed E-state index contributed by atoms with van der Waals surface area (Å²) in [6, 6.07) is 31.2. The van der Waals surface area contributed by atoms with Gasteiger partial charge in [-0.05, 0) is 62.0 Å². The molecule has 0 bridgehead atoms. The van der Waals surface area contributed by atoms with E-state index in [-0.39, 0.29) is 0 Å². The zero-order valence-corrected chi connectivity index (χ0v) is 20.0. The third-order valence-electron chi connectivity index (χ3n) is 6.79. The van der Waals surface area contributed by atoms with Crippen LogP contribution in [0.4, 0.5) is 0 Å². The molecule has 34 heavy (non-hydrogen) atoms. The predicted octanol–water partition coefficient (Wildman–Crippen LogP) is 6.73. The van der Waals surface area contributed by atoms with E-state index < -0.39 is 11.2 Å². The Morgan fingerprint density at radius 2 is 1.41 bits per heavy atom. The van der Waals surface area contributed by atoms with Crippen LogP contribution in [0.25, 0.3) is 44.2 Å². The van der Waals surface area contributed by atoms with Crippen LogP contribution in [-0.4, -0.2) is 23.8 Å². The van der Waals surface area contributed by atoms with Crippen molar-refractivity contribution in [3.05, 3.63) is 91.0 Å². The van der Waals surface area contributed by atoms with E-state index in [9.17, 15) is 5.11 Å². The van der Waals surface area contributed by atoms with Crippen molar-refractivity contribution >= 4 is 34.9 Å². The molecular weight excluding hydrogens is 419 g/mol. The van der Waals surface area contributed by atoms with Gasteiger partial charge in [0.15, 0.2) is 0 Å². The summed E-state index contributed by atoms with van der Waals surface area (Å²) < 4.78 is 12.5. The molecule has 0 spiro atoms. The molecule has 4 heteroatoms. The van der Waals surface area contributed by atoms with E-state index >= 15 is 0 Å². The standard InChI is InChI=1S/C30H28BO3/c1-29(2,32)30(3,4)34-31-25-17-10-18-26-27(25)24-16-9-15-23(28(24)33-26)22-14-8-13-21(19-22)20-11-6-5-7-12-20/h5-19,32H,1-4H3. The van der Waals surface area contributed by atoms with Gasteiger partial charge in [-0.15, -0.1) is 0 Å². The van der Waals surface area contributed by atoms with Gasteiger partial charge >= 0.3 is 7.48 Å². The second-order valence-electron chi connectivity index (χ2n) is 9.76. The van der Waals surface area contributed by atoms with Crippen LogP contribution in [0.15, 0.2) is 95.4 Å². The number of benzene rings is 4. The predicted molar refractivity (Wildman–Crippen MR) is 141 cm³/mol. The average molecular weight is 447 g/mol. The molecule has 1 aromatic heterocycles. The number of para-hydroxylation sites is 1. The first-order valence-electron chi connectivity index (χ1n) is 11.6. The Labute approximate surface area is 201 Å². The molecule has 3 nitrogen and oxygen atoms in total. The minimum absolute atomic E-state index is 0.752. The summed E-state index contributed by atoms with van der Waals surface area (Å²) in [5, 5.41) is 12.5. The van der Waals surface area contributed by atoms with Crippen molar-refractivity contribution in [3.63, 3.8) is 0 Å². The lowest BCUT2D eigenvalue weighted by Crippen LogP contribution is -2.49. The third-order valence-corrected chi connectivity index (χ3v) is 6.79. The number of rotatable bonds is 6. The van der Waals surface area contributed by atoms with E-state index in [0.717, 1.165) is 38.5 Å². The van der Waals surface area contributed by atoms with Crippen LogP contribution in [-0.2, 0) is 4.65 Å². The summed E-state index contributed by atoms with van der Waals surface area (Å²) in [6.45, 7) is 7.28. The molecule has 5 rings (SSSR count). The number of aliphatic hydroxyl groups is 1. The fourth-order valence-corrected chi connectivity index (χ4v) is 4.05. The minimum atomic E-state index is -0.993. The summed E-state index contributed by atoms with van der Waals surface area (Å²) in [4.78, 5) is 0. The highest BCUT2D eigenvalue weighted by Gasteiger charge is 2.36. The first kappa shape index (κ1) is 22.5. The summed E-state index contributed by atoms with van der Waals surface area (Å²) in [5.41, 5.74) is 5.34. The van der Waals surface area contributed by atoms with Gasteiger partial charge in [0.25, 0.3) is 0 Å². The molecule has 169 valence electrons. The minimum Gasteiger partial charge on any atom is -0.455 e. The summed E-state index contributed by atoms with van der Waals surface area (Å²) >= 11 is 0. The molecule has 0 saturated heterocycles. The van der Waals surface area contributed by atoms with Gasteiger partial charge in [0.1, 0.15) is 11.2 Å². The van der Waals surface area contributed by atoms with Gasteiger partial charge in [0.05, 0.1) is 11.2 Å². The maximum atomic E-state index is 10.5. The first-order valence-corrected chi connectivity index (χ1v) is 11.6. The topological polar surface area (TPSA) is 42.6 Å². The molecule has 0 aliphatic carbocycles. The zero-order chi connectivity index (χ0) is 23.9. The van der Waals surface area contributed by atoms with Crippen molar-refractivity contribution in [2.24, 2.45) is 0 Å². The highest BCUT2D eigenvalue weighted by Crippen LogP contribution is 2.36. The quantitative estimate of drug-likeness (QED) is 0.294. The summed E-state index contributed by atoms with van der Waals surface area (Å²) in [5.74, 6) is 0. The lowest BCUT2D eigenvalue weighted by molar-refractivity contribution is -0.0893. The van der Waals surface area contributed by atoms with E-state index in [2.05, 4.69) is 66.7 Å². The van der Waals surface area contributed by atoms with Crippen LogP contribution in [0.5, 0.6) is 0 Å². The molecule has 0 unspecified atom stereocenters. The summed E-state index contributed by atoms with van der Waals surface area (Å²) in [7, 11) is 1.73. The number of hydrogen-bond donors (Lipinski definition) is 1. The Morgan fingerprint density at radius 1 is 0.735 bits per heavy atom. The number of hydrogen-bond acceptors (Lipinski definition) is 3. The van der Waals surface area contributed by atoms with Crippen LogP contribution >= 0.6 is 0 Å². The molecule has 5 aromatic rings. The van der Waals surface area contributed by atoms with Gasteiger partial charge in [-0.3, -0.25) is 0 Å². The van der Waals surface area contributed by atoms with Gasteiger partial charge in [0.2, 0.25) is 0 Å². The number of furan rings is 1.